The molecule has 0 fully saturated rings. The standard InChI is InChI=1S/C18H21NO4S/c1-18(10-9-13-5-3-4-6-14(13)11-18)19-17(20)16-8-7-15(23-16)12-24(2,21)22/h3-8H,9-12H2,1-2H3,(H,19,20)/t18-/m1/s1. The lowest BCUT2D eigenvalue weighted by molar-refractivity contribution is 0.0868. The summed E-state index contributed by atoms with van der Waals surface area (Å²) < 4.78 is 28.0. The zero-order valence-corrected chi connectivity index (χ0v) is 14.7. The Hall–Kier alpha value is -2.08. The van der Waals surface area contributed by atoms with E-state index in [2.05, 4.69) is 17.4 Å². The molecular weight excluding hydrogens is 326 g/mol. The van der Waals surface area contributed by atoms with Gasteiger partial charge in [-0.25, -0.2) is 8.42 Å². The summed E-state index contributed by atoms with van der Waals surface area (Å²) in [5.41, 5.74) is 2.25. The monoisotopic (exact) mass is 347 g/mol. The van der Waals surface area contributed by atoms with E-state index in [1.807, 2.05) is 19.1 Å². The van der Waals surface area contributed by atoms with Gasteiger partial charge >= 0.3 is 0 Å². The predicted molar refractivity (Wildman–Crippen MR) is 91.6 cm³/mol. The third-order valence-corrected chi connectivity index (χ3v) is 5.16. The van der Waals surface area contributed by atoms with E-state index in [4.69, 9.17) is 4.42 Å². The Labute approximate surface area is 142 Å². The molecule has 1 heterocycles. The van der Waals surface area contributed by atoms with Crippen molar-refractivity contribution in [1.29, 1.82) is 0 Å². The number of carbonyl (C=O) groups is 1. The maximum atomic E-state index is 12.5. The molecular formula is C18H21NO4S. The first-order valence-electron chi connectivity index (χ1n) is 7.90. The maximum Gasteiger partial charge on any atom is 0.287 e. The van der Waals surface area contributed by atoms with Crippen molar-refractivity contribution in [2.45, 2.75) is 37.5 Å². The molecule has 1 amide bonds. The van der Waals surface area contributed by atoms with E-state index in [-0.39, 0.29) is 28.7 Å². The SMILES string of the molecule is C[C@@]1(NC(=O)c2ccc(CS(C)(=O)=O)o2)CCc2ccccc2C1. The number of amides is 1. The molecule has 24 heavy (non-hydrogen) atoms. The van der Waals surface area contributed by atoms with E-state index in [9.17, 15) is 13.2 Å². The second-order valence-corrected chi connectivity index (χ2v) is 8.94. The number of nitrogens with one attached hydrogen (secondary N) is 1. The van der Waals surface area contributed by atoms with Crippen LogP contribution < -0.4 is 5.32 Å². The first-order valence-corrected chi connectivity index (χ1v) is 9.96. The normalized spacial score (nSPS) is 20.4. The van der Waals surface area contributed by atoms with Gasteiger partial charge in [0.1, 0.15) is 11.5 Å². The van der Waals surface area contributed by atoms with Crippen LogP contribution in [0.25, 0.3) is 0 Å². The van der Waals surface area contributed by atoms with Crippen LogP contribution in [0.5, 0.6) is 0 Å². The van der Waals surface area contributed by atoms with Crippen molar-refractivity contribution in [3.63, 3.8) is 0 Å². The smallest absolute Gasteiger partial charge is 0.287 e. The molecule has 0 radical (unpaired) electrons. The molecule has 1 N–H and O–H groups in total. The highest BCUT2D eigenvalue weighted by molar-refractivity contribution is 7.89. The number of furan rings is 1. The van der Waals surface area contributed by atoms with Gasteiger partial charge in [-0.05, 0) is 49.4 Å². The van der Waals surface area contributed by atoms with Crippen molar-refractivity contribution in [2.24, 2.45) is 0 Å². The molecule has 1 aromatic carbocycles. The van der Waals surface area contributed by atoms with Crippen molar-refractivity contribution in [3.05, 3.63) is 59.0 Å². The number of carbonyl (C=O) groups excluding carboxylic acids is 1. The summed E-state index contributed by atoms with van der Waals surface area (Å²) in [4.78, 5) is 12.5. The summed E-state index contributed by atoms with van der Waals surface area (Å²) in [6.07, 6.45) is 3.68. The lowest BCUT2D eigenvalue weighted by atomic mass is 9.79. The van der Waals surface area contributed by atoms with Crippen molar-refractivity contribution in [2.75, 3.05) is 6.26 Å². The third-order valence-electron chi connectivity index (χ3n) is 4.35. The van der Waals surface area contributed by atoms with Crippen molar-refractivity contribution >= 4 is 15.7 Å². The molecule has 0 unspecified atom stereocenters. The molecule has 0 aliphatic heterocycles. The van der Waals surface area contributed by atoms with E-state index in [1.54, 1.807) is 0 Å². The molecule has 0 spiro atoms. The van der Waals surface area contributed by atoms with Crippen LogP contribution >= 0.6 is 0 Å². The van der Waals surface area contributed by atoms with Crippen molar-refractivity contribution in [1.82, 2.24) is 5.32 Å². The molecule has 0 saturated carbocycles. The molecule has 1 aliphatic rings. The fourth-order valence-corrected chi connectivity index (χ4v) is 3.84. The molecule has 0 saturated heterocycles. The van der Waals surface area contributed by atoms with E-state index < -0.39 is 9.84 Å². The molecule has 1 aliphatic carbocycles. The summed E-state index contributed by atoms with van der Waals surface area (Å²) in [6.45, 7) is 2.03. The Balaban J connectivity index is 1.71. The molecule has 2 aromatic rings. The number of hydrogen-bond acceptors (Lipinski definition) is 4. The summed E-state index contributed by atoms with van der Waals surface area (Å²) in [6, 6.07) is 11.3. The average Bonchev–Trinajstić information content (AvgIpc) is 2.93. The number of rotatable bonds is 4. The van der Waals surface area contributed by atoms with Gasteiger partial charge in [-0.2, -0.15) is 0 Å². The van der Waals surface area contributed by atoms with Crippen molar-refractivity contribution in [3.8, 4) is 0 Å². The minimum atomic E-state index is -3.19. The van der Waals surface area contributed by atoms with Crippen LogP contribution in [0.3, 0.4) is 0 Å². The quantitative estimate of drug-likeness (QED) is 0.922. The summed E-state index contributed by atoms with van der Waals surface area (Å²) in [7, 11) is -3.19. The van der Waals surface area contributed by atoms with Gasteiger partial charge in [-0.1, -0.05) is 24.3 Å². The number of aryl methyl sites for hydroxylation is 1. The van der Waals surface area contributed by atoms with Crippen LogP contribution in [0, 0.1) is 0 Å². The number of sulfone groups is 1. The van der Waals surface area contributed by atoms with E-state index in [0.29, 0.717) is 0 Å². The van der Waals surface area contributed by atoms with Gasteiger partial charge in [0, 0.05) is 11.8 Å². The van der Waals surface area contributed by atoms with Crippen LogP contribution in [0.1, 0.15) is 40.8 Å². The second kappa shape index (κ2) is 6.09. The van der Waals surface area contributed by atoms with Gasteiger partial charge in [0.25, 0.3) is 5.91 Å². The zero-order chi connectivity index (χ0) is 17.4. The highest BCUT2D eigenvalue weighted by atomic mass is 32.2. The van der Waals surface area contributed by atoms with Gasteiger partial charge < -0.3 is 9.73 Å². The Bertz CT molecular complexity index is 869. The molecule has 1 atom stereocenters. The van der Waals surface area contributed by atoms with Gasteiger partial charge in [-0.3, -0.25) is 4.79 Å². The maximum absolute atomic E-state index is 12.5. The third kappa shape index (κ3) is 3.87. The molecule has 5 nitrogen and oxygen atoms in total. The number of fused-ring (bicyclic) bond motifs is 1. The van der Waals surface area contributed by atoms with Crippen LogP contribution in [-0.2, 0) is 28.4 Å². The van der Waals surface area contributed by atoms with Gasteiger partial charge in [-0.15, -0.1) is 0 Å². The summed E-state index contributed by atoms with van der Waals surface area (Å²) >= 11 is 0. The highest BCUT2D eigenvalue weighted by Gasteiger charge is 2.32. The fourth-order valence-electron chi connectivity index (χ4n) is 3.17. The molecule has 1 aromatic heterocycles. The second-order valence-electron chi connectivity index (χ2n) is 6.80. The minimum absolute atomic E-state index is 0.147. The summed E-state index contributed by atoms with van der Waals surface area (Å²) in [5, 5.41) is 3.05. The molecule has 128 valence electrons. The Morgan fingerprint density at radius 3 is 2.62 bits per heavy atom. The van der Waals surface area contributed by atoms with Crippen LogP contribution in [0.4, 0.5) is 0 Å². The minimum Gasteiger partial charge on any atom is -0.455 e. The lowest BCUT2D eigenvalue weighted by Crippen LogP contribution is -2.49. The topological polar surface area (TPSA) is 76.4 Å². The van der Waals surface area contributed by atoms with E-state index in [0.717, 1.165) is 25.5 Å². The predicted octanol–water partition coefficient (Wildman–Crippen LogP) is 2.50. The van der Waals surface area contributed by atoms with Gasteiger partial charge in [0.15, 0.2) is 15.6 Å². The van der Waals surface area contributed by atoms with Crippen molar-refractivity contribution < 1.29 is 17.6 Å². The van der Waals surface area contributed by atoms with Gasteiger partial charge in [0.2, 0.25) is 0 Å². The fraction of sp³-hybridized carbons (Fsp3) is 0.389. The highest BCUT2D eigenvalue weighted by Crippen LogP contribution is 2.28. The molecule has 3 rings (SSSR count). The molecule has 0 bridgehead atoms. The van der Waals surface area contributed by atoms with Gasteiger partial charge in [0.05, 0.1) is 0 Å². The largest absolute Gasteiger partial charge is 0.455 e. The van der Waals surface area contributed by atoms with E-state index >= 15 is 0 Å². The lowest BCUT2D eigenvalue weighted by Gasteiger charge is -2.35. The Kier molecular flexibility index (Phi) is 4.25. The first-order chi connectivity index (χ1) is 11.2. The van der Waals surface area contributed by atoms with Crippen LogP contribution in [-0.4, -0.2) is 26.1 Å². The Morgan fingerprint density at radius 1 is 1.21 bits per heavy atom. The first kappa shape index (κ1) is 16.8. The summed E-state index contributed by atoms with van der Waals surface area (Å²) in [5.74, 6) is -0.0857. The van der Waals surface area contributed by atoms with Crippen LogP contribution in [0.2, 0.25) is 0 Å². The Morgan fingerprint density at radius 2 is 1.92 bits per heavy atom. The zero-order valence-electron chi connectivity index (χ0n) is 13.8. The van der Waals surface area contributed by atoms with E-state index in [1.165, 1.54) is 23.3 Å². The number of benzene rings is 1. The number of hydrogen-bond donors (Lipinski definition) is 1. The average molecular weight is 347 g/mol. The molecule has 6 heteroatoms. The van der Waals surface area contributed by atoms with Crippen LogP contribution in [0.15, 0.2) is 40.8 Å².